The van der Waals surface area contributed by atoms with Gasteiger partial charge in [-0.3, -0.25) is 9.89 Å². The maximum Gasteiger partial charge on any atom is 0.240 e. The van der Waals surface area contributed by atoms with Crippen molar-refractivity contribution in [2.75, 3.05) is 21.2 Å². The van der Waals surface area contributed by atoms with Crippen molar-refractivity contribution < 1.29 is 9.53 Å². The Hall–Kier alpha value is -2.80. The van der Waals surface area contributed by atoms with Crippen LogP contribution in [0.25, 0.3) is 11.4 Å². The van der Waals surface area contributed by atoms with Gasteiger partial charge >= 0.3 is 0 Å². The first-order valence-electron chi connectivity index (χ1n) is 8.08. The highest BCUT2D eigenvalue weighted by atomic mass is 32.2. The van der Waals surface area contributed by atoms with Gasteiger partial charge in [-0.05, 0) is 29.8 Å². The van der Waals surface area contributed by atoms with Crippen LogP contribution in [0.15, 0.2) is 59.8 Å². The molecule has 0 bridgehead atoms. The van der Waals surface area contributed by atoms with Gasteiger partial charge in [0.05, 0.1) is 7.11 Å². The van der Waals surface area contributed by atoms with Gasteiger partial charge in [0.2, 0.25) is 11.1 Å². The van der Waals surface area contributed by atoms with Crippen LogP contribution < -0.4 is 4.74 Å². The molecular weight excluding hydrogens is 348 g/mol. The van der Waals surface area contributed by atoms with Crippen LogP contribution >= 0.6 is 11.8 Å². The van der Waals surface area contributed by atoms with E-state index in [0.29, 0.717) is 11.0 Å². The van der Waals surface area contributed by atoms with Crippen LogP contribution in [0.2, 0.25) is 0 Å². The van der Waals surface area contributed by atoms with Gasteiger partial charge in [-0.25, -0.2) is 4.98 Å². The van der Waals surface area contributed by atoms with Gasteiger partial charge in [0.15, 0.2) is 5.82 Å². The predicted octanol–water partition coefficient (Wildman–Crippen LogP) is 3.40. The summed E-state index contributed by atoms with van der Waals surface area (Å²) >= 11 is 1.33. The SMILES string of the molecule is COc1ccc(-c2nc(S[C@H](C(=O)N(C)C)c3ccccc3)n[nH]2)cc1. The van der Waals surface area contributed by atoms with Gasteiger partial charge < -0.3 is 9.64 Å². The third-order valence-corrected chi connectivity index (χ3v) is 4.92. The van der Waals surface area contributed by atoms with E-state index in [2.05, 4.69) is 15.2 Å². The minimum absolute atomic E-state index is 0.00278. The number of methoxy groups -OCH3 is 1. The van der Waals surface area contributed by atoms with Crippen molar-refractivity contribution in [2.45, 2.75) is 10.4 Å². The van der Waals surface area contributed by atoms with E-state index in [1.54, 1.807) is 26.1 Å². The average molecular weight is 368 g/mol. The Morgan fingerprint density at radius 1 is 1.12 bits per heavy atom. The van der Waals surface area contributed by atoms with Crippen LogP contribution in [-0.4, -0.2) is 47.2 Å². The number of likely N-dealkylation sites (N-methyl/N-ethyl adjacent to an activating group) is 1. The number of rotatable bonds is 6. The van der Waals surface area contributed by atoms with Crippen molar-refractivity contribution in [1.29, 1.82) is 0 Å². The molecule has 7 heteroatoms. The number of ether oxygens (including phenoxy) is 1. The number of nitrogens with one attached hydrogen (secondary N) is 1. The van der Waals surface area contributed by atoms with E-state index in [1.807, 2.05) is 54.6 Å². The first kappa shape index (κ1) is 18.0. The topological polar surface area (TPSA) is 71.1 Å². The van der Waals surface area contributed by atoms with E-state index < -0.39 is 5.25 Å². The fourth-order valence-corrected chi connectivity index (χ4v) is 3.46. The normalized spacial score (nSPS) is 11.8. The quantitative estimate of drug-likeness (QED) is 0.675. The summed E-state index contributed by atoms with van der Waals surface area (Å²) in [5.74, 6) is 1.43. The van der Waals surface area contributed by atoms with Gasteiger partial charge in [0.25, 0.3) is 0 Å². The van der Waals surface area contributed by atoms with Crippen LogP contribution in [0.1, 0.15) is 10.8 Å². The fourth-order valence-electron chi connectivity index (χ4n) is 2.41. The van der Waals surface area contributed by atoms with E-state index in [1.165, 1.54) is 11.8 Å². The molecule has 1 N–H and O–H groups in total. The van der Waals surface area contributed by atoms with Gasteiger partial charge in [0, 0.05) is 19.7 Å². The second-order valence-electron chi connectivity index (χ2n) is 5.84. The third-order valence-electron chi connectivity index (χ3n) is 3.82. The van der Waals surface area contributed by atoms with E-state index >= 15 is 0 Å². The van der Waals surface area contributed by atoms with Crippen LogP contribution in [-0.2, 0) is 4.79 Å². The Kier molecular flexibility index (Phi) is 5.58. The van der Waals surface area contributed by atoms with E-state index in [-0.39, 0.29) is 5.91 Å². The van der Waals surface area contributed by atoms with Gasteiger partial charge in [-0.15, -0.1) is 5.10 Å². The Balaban J connectivity index is 1.83. The molecular formula is C19H20N4O2S. The smallest absolute Gasteiger partial charge is 0.240 e. The number of benzene rings is 2. The summed E-state index contributed by atoms with van der Waals surface area (Å²) in [5, 5.41) is 7.33. The second-order valence-corrected chi connectivity index (χ2v) is 6.91. The Labute approximate surface area is 156 Å². The van der Waals surface area contributed by atoms with Gasteiger partial charge in [0.1, 0.15) is 11.0 Å². The number of amides is 1. The number of H-pyrrole nitrogens is 1. The summed E-state index contributed by atoms with van der Waals surface area (Å²) in [6.45, 7) is 0. The number of nitrogens with zero attached hydrogens (tertiary/aromatic N) is 3. The monoisotopic (exact) mass is 368 g/mol. The Bertz CT molecular complexity index is 863. The maximum absolute atomic E-state index is 12.6. The molecule has 0 saturated carbocycles. The van der Waals surface area contributed by atoms with E-state index in [4.69, 9.17) is 4.74 Å². The molecule has 134 valence electrons. The number of aromatic nitrogens is 3. The molecule has 0 aliphatic carbocycles. The van der Waals surface area contributed by atoms with Crippen molar-refractivity contribution in [3.63, 3.8) is 0 Å². The summed E-state index contributed by atoms with van der Waals surface area (Å²) in [6, 6.07) is 17.2. The lowest BCUT2D eigenvalue weighted by Crippen LogP contribution is -2.26. The van der Waals surface area contributed by atoms with Crippen molar-refractivity contribution >= 4 is 17.7 Å². The zero-order valence-corrected chi connectivity index (χ0v) is 15.7. The minimum Gasteiger partial charge on any atom is -0.497 e. The number of thioether (sulfide) groups is 1. The first-order chi connectivity index (χ1) is 12.6. The Morgan fingerprint density at radius 2 is 1.81 bits per heavy atom. The number of hydrogen-bond donors (Lipinski definition) is 1. The van der Waals surface area contributed by atoms with E-state index in [0.717, 1.165) is 16.9 Å². The molecule has 6 nitrogen and oxygen atoms in total. The maximum atomic E-state index is 12.6. The van der Waals surface area contributed by atoms with Crippen molar-refractivity contribution in [2.24, 2.45) is 0 Å². The zero-order valence-electron chi connectivity index (χ0n) is 14.8. The van der Waals surface area contributed by atoms with Crippen molar-refractivity contribution in [3.8, 4) is 17.1 Å². The Morgan fingerprint density at radius 3 is 2.42 bits per heavy atom. The molecule has 0 unspecified atom stereocenters. The molecule has 3 aromatic rings. The molecule has 0 aliphatic rings. The van der Waals surface area contributed by atoms with Crippen LogP contribution in [0.4, 0.5) is 0 Å². The molecule has 26 heavy (non-hydrogen) atoms. The predicted molar refractivity (Wildman–Crippen MR) is 102 cm³/mol. The highest BCUT2D eigenvalue weighted by Gasteiger charge is 2.25. The minimum atomic E-state index is -0.397. The lowest BCUT2D eigenvalue weighted by molar-refractivity contribution is -0.128. The molecule has 0 fully saturated rings. The molecule has 1 heterocycles. The van der Waals surface area contributed by atoms with Crippen molar-refractivity contribution in [3.05, 3.63) is 60.2 Å². The summed E-state index contributed by atoms with van der Waals surface area (Å²) in [4.78, 5) is 18.7. The fraction of sp³-hybridized carbons (Fsp3) is 0.211. The molecule has 2 aromatic carbocycles. The lowest BCUT2D eigenvalue weighted by Gasteiger charge is -2.19. The molecule has 3 rings (SSSR count). The lowest BCUT2D eigenvalue weighted by atomic mass is 10.1. The summed E-state index contributed by atoms with van der Waals surface area (Å²) < 4.78 is 5.17. The summed E-state index contributed by atoms with van der Waals surface area (Å²) in [7, 11) is 5.13. The van der Waals surface area contributed by atoms with Crippen LogP contribution in [0.5, 0.6) is 5.75 Å². The van der Waals surface area contributed by atoms with Gasteiger partial charge in [-0.2, -0.15) is 0 Å². The largest absolute Gasteiger partial charge is 0.497 e. The number of hydrogen-bond acceptors (Lipinski definition) is 5. The highest BCUT2D eigenvalue weighted by molar-refractivity contribution is 8.00. The molecule has 0 spiro atoms. The number of carbonyl (C=O) groups excluding carboxylic acids is 1. The van der Waals surface area contributed by atoms with Gasteiger partial charge in [-0.1, -0.05) is 42.1 Å². The molecule has 1 aromatic heterocycles. The molecule has 0 saturated heterocycles. The summed E-state index contributed by atoms with van der Waals surface area (Å²) in [5.41, 5.74) is 1.83. The zero-order chi connectivity index (χ0) is 18.5. The average Bonchev–Trinajstić information content (AvgIpc) is 3.15. The second kappa shape index (κ2) is 8.05. The third kappa shape index (κ3) is 4.05. The van der Waals surface area contributed by atoms with Crippen molar-refractivity contribution in [1.82, 2.24) is 20.1 Å². The standard InChI is InChI=1S/C19H20N4O2S/c1-23(2)18(24)16(13-7-5-4-6-8-13)26-19-20-17(21-22-19)14-9-11-15(25-3)12-10-14/h4-12,16H,1-3H3,(H,20,21,22)/t16-/m0/s1. The molecule has 0 radical (unpaired) electrons. The van der Waals surface area contributed by atoms with Crippen LogP contribution in [0, 0.1) is 0 Å². The molecule has 0 aliphatic heterocycles. The molecule has 1 amide bonds. The van der Waals surface area contributed by atoms with Crippen LogP contribution in [0.3, 0.4) is 0 Å². The first-order valence-corrected chi connectivity index (χ1v) is 8.96. The molecule has 1 atom stereocenters. The summed E-state index contributed by atoms with van der Waals surface area (Å²) in [6.07, 6.45) is 0. The highest BCUT2D eigenvalue weighted by Crippen LogP contribution is 2.35. The number of aromatic amines is 1. The van der Waals surface area contributed by atoms with E-state index in [9.17, 15) is 4.79 Å². The number of carbonyl (C=O) groups is 1.